The van der Waals surface area contributed by atoms with Crippen molar-refractivity contribution >= 4 is 0 Å². The molecule has 2 atom stereocenters. The minimum Gasteiger partial charge on any atom is -0.451 e. The molecule has 2 rings (SSSR count). The van der Waals surface area contributed by atoms with Gasteiger partial charge in [-0.3, -0.25) is 4.90 Å². The maximum absolute atomic E-state index is 10.0. The Balaban J connectivity index is 1.89. The van der Waals surface area contributed by atoms with Crippen LogP contribution in [0.3, 0.4) is 0 Å². The van der Waals surface area contributed by atoms with Gasteiger partial charge in [-0.05, 0) is 38.3 Å². The standard InChI is InChI=1S/C15H27N3O3/c1-20-11-15(19)9-18(8-14-10-21-12-17-14)7-13-3-2-5-16-6-4-13/h10,12-13,15-16,19H,2-9,11H2,1H3. The van der Waals surface area contributed by atoms with Gasteiger partial charge in [0.2, 0.25) is 0 Å². The summed E-state index contributed by atoms with van der Waals surface area (Å²) >= 11 is 0. The van der Waals surface area contributed by atoms with E-state index in [2.05, 4.69) is 15.2 Å². The lowest BCUT2D eigenvalue weighted by Gasteiger charge is -2.28. The van der Waals surface area contributed by atoms with Crippen LogP contribution in [-0.2, 0) is 11.3 Å². The molecule has 0 bridgehead atoms. The number of hydrogen-bond acceptors (Lipinski definition) is 6. The number of methoxy groups -OCH3 is 1. The summed E-state index contributed by atoms with van der Waals surface area (Å²) in [6.07, 6.45) is 6.31. The molecule has 1 fully saturated rings. The van der Waals surface area contributed by atoms with E-state index in [4.69, 9.17) is 9.15 Å². The zero-order valence-corrected chi connectivity index (χ0v) is 12.8. The molecule has 0 amide bonds. The summed E-state index contributed by atoms with van der Waals surface area (Å²) in [6, 6.07) is 0. The Morgan fingerprint density at radius 3 is 3.19 bits per heavy atom. The van der Waals surface area contributed by atoms with Crippen LogP contribution in [0.5, 0.6) is 0 Å². The first-order valence-electron chi connectivity index (χ1n) is 7.75. The van der Waals surface area contributed by atoms with E-state index < -0.39 is 6.10 Å². The highest BCUT2D eigenvalue weighted by Gasteiger charge is 2.19. The average molecular weight is 297 g/mol. The van der Waals surface area contributed by atoms with E-state index in [1.54, 1.807) is 13.4 Å². The monoisotopic (exact) mass is 297 g/mol. The Hall–Kier alpha value is -0.950. The van der Waals surface area contributed by atoms with E-state index in [1.807, 2.05) is 0 Å². The molecule has 6 heteroatoms. The molecule has 0 radical (unpaired) electrons. The van der Waals surface area contributed by atoms with E-state index in [0.29, 0.717) is 25.6 Å². The van der Waals surface area contributed by atoms with Crippen LogP contribution >= 0.6 is 0 Å². The van der Waals surface area contributed by atoms with E-state index in [1.165, 1.54) is 25.7 Å². The maximum atomic E-state index is 10.0. The van der Waals surface area contributed by atoms with Crippen LogP contribution in [0.1, 0.15) is 25.0 Å². The van der Waals surface area contributed by atoms with Crippen molar-refractivity contribution in [2.45, 2.75) is 31.9 Å². The normalized spacial score (nSPS) is 21.4. The van der Waals surface area contributed by atoms with Crippen LogP contribution < -0.4 is 5.32 Å². The number of aromatic nitrogens is 1. The number of ether oxygens (including phenoxy) is 1. The molecule has 2 N–H and O–H groups in total. The van der Waals surface area contributed by atoms with Crippen LogP contribution in [0.15, 0.2) is 17.1 Å². The van der Waals surface area contributed by atoms with Crippen LogP contribution in [-0.4, -0.2) is 61.0 Å². The van der Waals surface area contributed by atoms with Gasteiger partial charge in [-0.1, -0.05) is 0 Å². The first-order valence-corrected chi connectivity index (χ1v) is 7.75. The Kier molecular flexibility index (Phi) is 7.15. The number of nitrogens with zero attached hydrogens (tertiary/aromatic N) is 2. The SMILES string of the molecule is COCC(O)CN(Cc1cocn1)CC1CCCNCC1. The van der Waals surface area contributed by atoms with Gasteiger partial charge in [0.1, 0.15) is 6.26 Å². The van der Waals surface area contributed by atoms with E-state index >= 15 is 0 Å². The van der Waals surface area contributed by atoms with E-state index in [9.17, 15) is 5.11 Å². The number of aliphatic hydroxyl groups excluding tert-OH is 1. The molecule has 1 aliphatic heterocycles. The van der Waals surface area contributed by atoms with Crippen molar-refractivity contribution in [1.82, 2.24) is 15.2 Å². The van der Waals surface area contributed by atoms with Gasteiger partial charge in [0.05, 0.1) is 18.4 Å². The summed E-state index contributed by atoms with van der Waals surface area (Å²) < 4.78 is 10.1. The molecular weight excluding hydrogens is 270 g/mol. The highest BCUT2D eigenvalue weighted by atomic mass is 16.5. The Morgan fingerprint density at radius 2 is 2.43 bits per heavy atom. The third-order valence-electron chi connectivity index (χ3n) is 3.91. The van der Waals surface area contributed by atoms with Gasteiger partial charge in [0.15, 0.2) is 6.39 Å². The van der Waals surface area contributed by atoms with Crippen LogP contribution in [0.4, 0.5) is 0 Å². The molecule has 0 aliphatic carbocycles. The van der Waals surface area contributed by atoms with Crippen molar-refractivity contribution in [3.63, 3.8) is 0 Å². The molecule has 0 saturated carbocycles. The number of rotatable bonds is 8. The van der Waals surface area contributed by atoms with Gasteiger partial charge in [-0.15, -0.1) is 0 Å². The molecule has 120 valence electrons. The van der Waals surface area contributed by atoms with Crippen molar-refractivity contribution in [2.24, 2.45) is 5.92 Å². The van der Waals surface area contributed by atoms with Crippen molar-refractivity contribution in [3.05, 3.63) is 18.4 Å². The minimum absolute atomic E-state index is 0.363. The number of aliphatic hydroxyl groups is 1. The van der Waals surface area contributed by atoms with E-state index in [-0.39, 0.29) is 0 Å². The number of nitrogens with one attached hydrogen (secondary N) is 1. The van der Waals surface area contributed by atoms with Crippen molar-refractivity contribution in [2.75, 3.05) is 39.9 Å². The highest BCUT2D eigenvalue weighted by Crippen LogP contribution is 2.17. The molecule has 1 aromatic rings. The van der Waals surface area contributed by atoms with Gasteiger partial charge >= 0.3 is 0 Å². The summed E-state index contributed by atoms with van der Waals surface area (Å²) in [5.74, 6) is 0.668. The third kappa shape index (κ3) is 6.13. The maximum Gasteiger partial charge on any atom is 0.180 e. The van der Waals surface area contributed by atoms with Crippen LogP contribution in [0.25, 0.3) is 0 Å². The molecule has 0 aromatic carbocycles. The Bertz CT molecular complexity index is 364. The summed E-state index contributed by atoms with van der Waals surface area (Å²) in [4.78, 5) is 6.45. The van der Waals surface area contributed by atoms with Gasteiger partial charge in [-0.2, -0.15) is 0 Å². The van der Waals surface area contributed by atoms with Crippen molar-refractivity contribution < 1.29 is 14.3 Å². The average Bonchev–Trinajstić information content (AvgIpc) is 2.82. The first-order chi connectivity index (χ1) is 10.3. The molecule has 0 spiro atoms. The fourth-order valence-electron chi connectivity index (χ4n) is 2.93. The molecule has 1 saturated heterocycles. The lowest BCUT2D eigenvalue weighted by molar-refractivity contribution is 0.0311. The summed E-state index contributed by atoms with van der Waals surface area (Å²) in [7, 11) is 1.61. The Labute approximate surface area is 126 Å². The minimum atomic E-state index is -0.467. The van der Waals surface area contributed by atoms with E-state index in [0.717, 1.165) is 25.3 Å². The summed E-state index contributed by atoms with van der Waals surface area (Å²) in [5.41, 5.74) is 0.909. The second-order valence-corrected chi connectivity index (χ2v) is 5.83. The third-order valence-corrected chi connectivity index (χ3v) is 3.91. The Morgan fingerprint density at radius 1 is 1.52 bits per heavy atom. The smallest absolute Gasteiger partial charge is 0.180 e. The van der Waals surface area contributed by atoms with Crippen molar-refractivity contribution in [3.8, 4) is 0 Å². The fraction of sp³-hybridized carbons (Fsp3) is 0.800. The summed E-state index contributed by atoms with van der Waals surface area (Å²) in [5, 5.41) is 13.5. The number of oxazole rings is 1. The molecule has 1 aliphatic rings. The van der Waals surface area contributed by atoms with Gasteiger partial charge in [-0.25, -0.2) is 4.98 Å². The topological polar surface area (TPSA) is 70.8 Å². The lowest BCUT2D eigenvalue weighted by Crippen LogP contribution is -2.37. The predicted molar refractivity (Wildman–Crippen MR) is 79.9 cm³/mol. The summed E-state index contributed by atoms with van der Waals surface area (Å²) in [6.45, 7) is 4.86. The van der Waals surface area contributed by atoms with Gasteiger partial charge in [0.25, 0.3) is 0 Å². The number of hydrogen-bond donors (Lipinski definition) is 2. The van der Waals surface area contributed by atoms with Crippen LogP contribution in [0.2, 0.25) is 0 Å². The second kappa shape index (κ2) is 9.15. The molecule has 2 unspecified atom stereocenters. The molecular formula is C15H27N3O3. The predicted octanol–water partition coefficient (Wildman–Crippen LogP) is 0.874. The molecule has 6 nitrogen and oxygen atoms in total. The molecule has 21 heavy (non-hydrogen) atoms. The molecule has 2 heterocycles. The fourth-order valence-corrected chi connectivity index (χ4v) is 2.93. The van der Waals surface area contributed by atoms with Gasteiger partial charge in [0, 0.05) is 26.7 Å². The second-order valence-electron chi connectivity index (χ2n) is 5.83. The zero-order chi connectivity index (χ0) is 14.9. The van der Waals surface area contributed by atoms with Gasteiger partial charge < -0.3 is 19.6 Å². The largest absolute Gasteiger partial charge is 0.451 e. The van der Waals surface area contributed by atoms with Crippen molar-refractivity contribution in [1.29, 1.82) is 0 Å². The lowest BCUT2D eigenvalue weighted by atomic mass is 10.00. The quantitative estimate of drug-likeness (QED) is 0.742. The first kappa shape index (κ1) is 16.4. The van der Waals surface area contributed by atoms with Crippen LogP contribution in [0, 0.1) is 5.92 Å². The molecule has 1 aromatic heterocycles. The zero-order valence-electron chi connectivity index (χ0n) is 12.8. The highest BCUT2D eigenvalue weighted by molar-refractivity contribution is 4.91.